The van der Waals surface area contributed by atoms with Gasteiger partial charge in [0.2, 0.25) is 0 Å². The molecule has 2 nitrogen and oxygen atoms in total. The highest BCUT2D eigenvalue weighted by Gasteiger charge is 2.26. The van der Waals surface area contributed by atoms with Crippen molar-refractivity contribution >= 4 is 17.5 Å². The van der Waals surface area contributed by atoms with E-state index in [-0.39, 0.29) is 17.8 Å². The molecule has 104 valence electrons. The first-order chi connectivity index (χ1) is 9.10. The molecule has 0 bridgehead atoms. The van der Waals surface area contributed by atoms with Gasteiger partial charge in [-0.1, -0.05) is 12.8 Å². The molecule has 2 unspecified atom stereocenters. The van der Waals surface area contributed by atoms with Gasteiger partial charge in [-0.3, -0.25) is 4.79 Å². The molecule has 0 saturated heterocycles. The minimum atomic E-state index is -0.373. The van der Waals surface area contributed by atoms with Crippen LogP contribution in [-0.2, 0) is 0 Å². The SMILES string of the molecule is Cc1cc(F)cc(C(=O)NC2CCCCC2CCl)c1. The minimum Gasteiger partial charge on any atom is -0.349 e. The number of alkyl halides is 1. The third-order valence-electron chi connectivity index (χ3n) is 3.73. The first kappa shape index (κ1) is 14.3. The molecule has 0 aliphatic heterocycles. The lowest BCUT2D eigenvalue weighted by Crippen LogP contribution is -2.42. The van der Waals surface area contributed by atoms with Gasteiger partial charge in [0.1, 0.15) is 5.82 Å². The number of amides is 1. The van der Waals surface area contributed by atoms with Crippen LogP contribution < -0.4 is 5.32 Å². The molecule has 1 aliphatic rings. The van der Waals surface area contributed by atoms with Gasteiger partial charge in [0.05, 0.1) is 0 Å². The van der Waals surface area contributed by atoms with Gasteiger partial charge in [-0.15, -0.1) is 11.6 Å². The van der Waals surface area contributed by atoms with E-state index in [0.29, 0.717) is 17.4 Å². The highest BCUT2D eigenvalue weighted by atomic mass is 35.5. The van der Waals surface area contributed by atoms with Crippen LogP contribution in [0.2, 0.25) is 0 Å². The van der Waals surface area contributed by atoms with Crippen molar-refractivity contribution in [2.24, 2.45) is 5.92 Å². The zero-order chi connectivity index (χ0) is 13.8. The van der Waals surface area contributed by atoms with E-state index in [4.69, 9.17) is 11.6 Å². The topological polar surface area (TPSA) is 29.1 Å². The van der Waals surface area contributed by atoms with Crippen molar-refractivity contribution in [1.29, 1.82) is 0 Å². The molecule has 1 aromatic carbocycles. The average Bonchev–Trinajstić information content (AvgIpc) is 2.38. The summed E-state index contributed by atoms with van der Waals surface area (Å²) in [6.45, 7) is 1.78. The zero-order valence-electron chi connectivity index (χ0n) is 11.1. The van der Waals surface area contributed by atoms with Gasteiger partial charge in [-0.25, -0.2) is 4.39 Å². The van der Waals surface area contributed by atoms with Crippen molar-refractivity contribution in [3.63, 3.8) is 0 Å². The summed E-state index contributed by atoms with van der Waals surface area (Å²) in [7, 11) is 0. The van der Waals surface area contributed by atoms with Crippen molar-refractivity contribution in [3.05, 3.63) is 35.1 Å². The molecule has 1 amide bonds. The monoisotopic (exact) mass is 283 g/mol. The molecule has 1 saturated carbocycles. The van der Waals surface area contributed by atoms with Crippen LogP contribution in [-0.4, -0.2) is 17.8 Å². The van der Waals surface area contributed by atoms with Gasteiger partial charge in [0, 0.05) is 17.5 Å². The van der Waals surface area contributed by atoms with Gasteiger partial charge in [0.15, 0.2) is 0 Å². The third kappa shape index (κ3) is 3.69. The highest BCUT2D eigenvalue weighted by Crippen LogP contribution is 2.25. The zero-order valence-corrected chi connectivity index (χ0v) is 11.8. The lowest BCUT2D eigenvalue weighted by molar-refractivity contribution is 0.0910. The summed E-state index contributed by atoms with van der Waals surface area (Å²) in [4.78, 5) is 12.2. The Balaban J connectivity index is 2.07. The largest absolute Gasteiger partial charge is 0.349 e. The highest BCUT2D eigenvalue weighted by molar-refractivity contribution is 6.18. The fourth-order valence-corrected chi connectivity index (χ4v) is 3.07. The number of carbonyl (C=O) groups is 1. The molecular formula is C15H19ClFNO. The molecule has 1 N–H and O–H groups in total. The van der Waals surface area contributed by atoms with Crippen LogP contribution in [0, 0.1) is 18.7 Å². The molecule has 0 radical (unpaired) electrons. The standard InChI is InChI=1S/C15H19ClFNO/c1-10-6-12(8-13(17)7-10)15(19)18-14-5-3-2-4-11(14)9-16/h6-8,11,14H,2-5,9H2,1H3,(H,18,19). The summed E-state index contributed by atoms with van der Waals surface area (Å²) < 4.78 is 13.3. The number of nitrogens with one attached hydrogen (secondary N) is 1. The van der Waals surface area contributed by atoms with Crippen molar-refractivity contribution in [1.82, 2.24) is 5.32 Å². The fraction of sp³-hybridized carbons (Fsp3) is 0.533. The molecule has 2 rings (SSSR count). The summed E-state index contributed by atoms with van der Waals surface area (Å²) in [6.07, 6.45) is 4.29. The Morgan fingerprint density at radius 2 is 2.11 bits per heavy atom. The number of hydrogen-bond acceptors (Lipinski definition) is 1. The normalized spacial score (nSPS) is 23.1. The van der Waals surface area contributed by atoms with Crippen LogP contribution >= 0.6 is 11.6 Å². The molecule has 19 heavy (non-hydrogen) atoms. The third-order valence-corrected chi connectivity index (χ3v) is 4.12. The van der Waals surface area contributed by atoms with Crippen LogP contribution in [0.15, 0.2) is 18.2 Å². The van der Waals surface area contributed by atoms with E-state index in [1.165, 1.54) is 18.6 Å². The number of benzene rings is 1. The van der Waals surface area contributed by atoms with Gasteiger partial charge < -0.3 is 5.32 Å². The molecule has 1 aliphatic carbocycles. The van der Waals surface area contributed by atoms with Crippen molar-refractivity contribution in [2.75, 3.05) is 5.88 Å². The summed E-state index contributed by atoms with van der Waals surface area (Å²) in [5.74, 6) is 0.314. The van der Waals surface area contributed by atoms with Crippen LogP contribution in [0.5, 0.6) is 0 Å². The molecule has 4 heteroatoms. The fourth-order valence-electron chi connectivity index (χ4n) is 2.70. The van der Waals surface area contributed by atoms with Crippen molar-refractivity contribution in [3.8, 4) is 0 Å². The minimum absolute atomic E-state index is 0.113. The van der Waals surface area contributed by atoms with Crippen LogP contribution in [0.25, 0.3) is 0 Å². The van der Waals surface area contributed by atoms with E-state index in [2.05, 4.69) is 5.32 Å². The van der Waals surface area contributed by atoms with Gasteiger partial charge in [-0.2, -0.15) is 0 Å². The Kier molecular flexibility index (Phi) is 4.81. The Labute approximate surface area is 118 Å². The maximum atomic E-state index is 13.3. The second-order valence-electron chi connectivity index (χ2n) is 5.30. The molecule has 0 heterocycles. The van der Waals surface area contributed by atoms with E-state index in [0.717, 1.165) is 24.8 Å². The van der Waals surface area contributed by atoms with E-state index < -0.39 is 0 Å². The van der Waals surface area contributed by atoms with Gasteiger partial charge in [0.25, 0.3) is 5.91 Å². The average molecular weight is 284 g/mol. The maximum absolute atomic E-state index is 13.3. The first-order valence-electron chi connectivity index (χ1n) is 6.74. The number of carbonyl (C=O) groups excluding carboxylic acids is 1. The molecule has 0 spiro atoms. The second kappa shape index (κ2) is 6.38. The van der Waals surface area contributed by atoms with Crippen LogP contribution in [0.3, 0.4) is 0 Å². The summed E-state index contributed by atoms with van der Waals surface area (Å²) in [5.41, 5.74) is 1.14. The number of halogens is 2. The second-order valence-corrected chi connectivity index (χ2v) is 5.60. The lowest BCUT2D eigenvalue weighted by Gasteiger charge is -2.30. The first-order valence-corrected chi connectivity index (χ1v) is 7.27. The predicted octanol–water partition coefficient (Wildman–Crippen LogP) is 3.66. The predicted molar refractivity (Wildman–Crippen MR) is 75.1 cm³/mol. The molecule has 1 fully saturated rings. The maximum Gasteiger partial charge on any atom is 0.251 e. The number of hydrogen-bond donors (Lipinski definition) is 1. The smallest absolute Gasteiger partial charge is 0.251 e. The van der Waals surface area contributed by atoms with Gasteiger partial charge >= 0.3 is 0 Å². The van der Waals surface area contributed by atoms with E-state index in [1.54, 1.807) is 13.0 Å². The lowest BCUT2D eigenvalue weighted by atomic mass is 9.85. The van der Waals surface area contributed by atoms with Gasteiger partial charge in [-0.05, 0) is 49.4 Å². The molecule has 2 atom stereocenters. The summed E-state index contributed by atoms with van der Waals surface area (Å²) in [6, 6.07) is 4.51. The van der Waals surface area contributed by atoms with E-state index >= 15 is 0 Å². The van der Waals surface area contributed by atoms with Crippen molar-refractivity contribution < 1.29 is 9.18 Å². The van der Waals surface area contributed by atoms with E-state index in [1.807, 2.05) is 0 Å². The van der Waals surface area contributed by atoms with Crippen molar-refractivity contribution in [2.45, 2.75) is 38.6 Å². The van der Waals surface area contributed by atoms with Crippen LogP contribution in [0.4, 0.5) is 4.39 Å². The summed E-state index contributed by atoms with van der Waals surface area (Å²) >= 11 is 5.94. The van der Waals surface area contributed by atoms with Crippen LogP contribution in [0.1, 0.15) is 41.6 Å². The summed E-state index contributed by atoms with van der Waals surface area (Å²) in [5, 5.41) is 3.00. The Morgan fingerprint density at radius 3 is 2.79 bits per heavy atom. The Morgan fingerprint density at radius 1 is 1.37 bits per heavy atom. The Bertz CT molecular complexity index is 443. The molecule has 1 aromatic rings. The number of aryl methyl sites for hydroxylation is 1. The van der Waals surface area contributed by atoms with E-state index in [9.17, 15) is 9.18 Å². The number of rotatable bonds is 3. The Hall–Kier alpha value is -1.09. The molecule has 0 aromatic heterocycles. The quantitative estimate of drug-likeness (QED) is 0.843. The molecular weight excluding hydrogens is 265 g/mol.